The average molecular weight is 186 g/mol. The lowest BCUT2D eigenvalue weighted by Crippen LogP contribution is -2.29. The molecule has 0 aliphatic heterocycles. The van der Waals surface area contributed by atoms with Gasteiger partial charge in [0.1, 0.15) is 0 Å². The van der Waals surface area contributed by atoms with Crippen LogP contribution in [0, 0.1) is 10.8 Å². The van der Waals surface area contributed by atoms with Gasteiger partial charge in [-0.1, -0.05) is 13.8 Å². The fraction of sp³-hybridized carbons (Fsp3) is 0.875. The molecule has 1 aliphatic carbocycles. The second-order valence-electron chi connectivity index (χ2n) is 3.63. The van der Waals surface area contributed by atoms with Crippen LogP contribution >= 0.6 is 0 Å². The lowest BCUT2D eigenvalue weighted by molar-refractivity contribution is 0.0900. The second kappa shape index (κ2) is 4.20. The van der Waals surface area contributed by atoms with Crippen LogP contribution in [-0.2, 0) is 4.74 Å². The van der Waals surface area contributed by atoms with Crippen molar-refractivity contribution in [2.24, 2.45) is 11.2 Å². The number of ether oxygens (including phenoxy) is 1. The minimum atomic E-state index is -0.619. The van der Waals surface area contributed by atoms with Crippen LogP contribution in [0.15, 0.2) is 5.29 Å². The molecule has 5 nitrogen and oxygen atoms in total. The molecule has 0 unspecified atom stereocenters. The smallest absolute Gasteiger partial charge is 0.433 e. The van der Waals surface area contributed by atoms with Gasteiger partial charge >= 0.3 is 6.09 Å². The Bertz CT molecular complexity index is 202. The third-order valence-electron chi connectivity index (χ3n) is 1.71. The van der Waals surface area contributed by atoms with Crippen molar-refractivity contribution in [2.75, 3.05) is 6.61 Å². The van der Waals surface area contributed by atoms with E-state index in [0.717, 1.165) is 17.9 Å². The highest BCUT2D eigenvalue weighted by Crippen LogP contribution is 2.27. The van der Waals surface area contributed by atoms with E-state index in [1.165, 1.54) is 0 Å². The minimum Gasteiger partial charge on any atom is -0.448 e. The lowest BCUT2D eigenvalue weighted by atomic mass is 10.2. The molecule has 0 aromatic carbocycles. The first-order valence-electron chi connectivity index (χ1n) is 4.44. The van der Waals surface area contributed by atoms with E-state index in [9.17, 15) is 9.70 Å². The Kier molecular flexibility index (Phi) is 3.22. The van der Waals surface area contributed by atoms with Gasteiger partial charge in [-0.15, -0.1) is 4.91 Å². The van der Waals surface area contributed by atoms with Crippen molar-refractivity contribution in [3.63, 3.8) is 0 Å². The Morgan fingerprint density at radius 2 is 2.23 bits per heavy atom. The van der Waals surface area contributed by atoms with E-state index >= 15 is 0 Å². The van der Waals surface area contributed by atoms with Gasteiger partial charge in [0.25, 0.3) is 0 Å². The van der Waals surface area contributed by atoms with Gasteiger partial charge in [0, 0.05) is 0 Å². The van der Waals surface area contributed by atoms with Crippen molar-refractivity contribution in [2.45, 2.75) is 32.7 Å². The standard InChI is InChI=1S/C8H14N2O3/c1-6(2)5-13-8(11)10(9-12)7-3-4-7/h6-7H,3-5H2,1-2H3. The van der Waals surface area contributed by atoms with Gasteiger partial charge < -0.3 is 4.74 Å². The van der Waals surface area contributed by atoms with Crippen LogP contribution < -0.4 is 0 Å². The molecular weight excluding hydrogens is 172 g/mol. The van der Waals surface area contributed by atoms with Crippen LogP contribution in [-0.4, -0.2) is 23.8 Å². The summed E-state index contributed by atoms with van der Waals surface area (Å²) >= 11 is 0. The predicted molar refractivity (Wildman–Crippen MR) is 46.8 cm³/mol. The predicted octanol–water partition coefficient (Wildman–Crippen LogP) is 1.92. The third-order valence-corrected chi connectivity index (χ3v) is 1.71. The first kappa shape index (κ1) is 9.95. The molecule has 0 radical (unpaired) electrons. The number of rotatable bonds is 4. The van der Waals surface area contributed by atoms with Gasteiger partial charge in [-0.05, 0) is 18.8 Å². The number of nitroso groups, excluding NO2 is 1. The van der Waals surface area contributed by atoms with Gasteiger partial charge in [-0.3, -0.25) is 0 Å². The van der Waals surface area contributed by atoms with E-state index < -0.39 is 6.09 Å². The zero-order valence-corrected chi connectivity index (χ0v) is 7.90. The van der Waals surface area contributed by atoms with Gasteiger partial charge in [-0.25, -0.2) is 4.79 Å². The molecule has 1 rings (SSSR count). The Morgan fingerprint density at radius 3 is 2.62 bits per heavy atom. The van der Waals surface area contributed by atoms with E-state index in [1.54, 1.807) is 0 Å². The largest absolute Gasteiger partial charge is 0.448 e. The maximum Gasteiger partial charge on any atom is 0.433 e. The summed E-state index contributed by atoms with van der Waals surface area (Å²) in [4.78, 5) is 21.4. The Hall–Kier alpha value is -1.13. The third kappa shape index (κ3) is 3.01. The maximum atomic E-state index is 11.2. The molecule has 0 N–H and O–H groups in total. The molecule has 1 aliphatic rings. The molecule has 0 spiro atoms. The van der Waals surface area contributed by atoms with Crippen molar-refractivity contribution < 1.29 is 9.53 Å². The Morgan fingerprint density at radius 1 is 1.62 bits per heavy atom. The van der Waals surface area contributed by atoms with Crippen molar-refractivity contribution in [3.05, 3.63) is 4.91 Å². The molecule has 0 aromatic rings. The van der Waals surface area contributed by atoms with Crippen LogP contribution in [0.4, 0.5) is 4.79 Å². The number of nitrogens with zero attached hydrogens (tertiary/aromatic N) is 2. The lowest BCUT2D eigenvalue weighted by Gasteiger charge is -2.13. The fourth-order valence-corrected chi connectivity index (χ4v) is 0.872. The van der Waals surface area contributed by atoms with Gasteiger partial charge in [0.05, 0.1) is 17.9 Å². The SMILES string of the molecule is CC(C)COC(=O)N(N=O)C1CC1. The monoisotopic (exact) mass is 186 g/mol. The maximum absolute atomic E-state index is 11.2. The van der Waals surface area contributed by atoms with Gasteiger partial charge in [0.2, 0.25) is 0 Å². The van der Waals surface area contributed by atoms with Crippen molar-refractivity contribution in [3.8, 4) is 0 Å². The normalized spacial score (nSPS) is 15.6. The van der Waals surface area contributed by atoms with Crippen LogP contribution in [0.25, 0.3) is 0 Å². The zero-order chi connectivity index (χ0) is 9.84. The quantitative estimate of drug-likeness (QED) is 0.497. The average Bonchev–Trinajstić information content (AvgIpc) is 2.86. The molecule has 0 aromatic heterocycles. The Labute approximate surface area is 77.0 Å². The summed E-state index contributed by atoms with van der Waals surface area (Å²) in [5, 5.41) is 3.53. The molecule has 1 saturated carbocycles. The molecule has 0 bridgehead atoms. The highest BCUT2D eigenvalue weighted by molar-refractivity contribution is 5.67. The topological polar surface area (TPSA) is 59.0 Å². The first-order chi connectivity index (χ1) is 6.15. The van der Waals surface area contributed by atoms with E-state index in [-0.39, 0.29) is 12.0 Å². The van der Waals surface area contributed by atoms with E-state index in [2.05, 4.69) is 5.29 Å². The van der Waals surface area contributed by atoms with Crippen LogP contribution in [0.1, 0.15) is 26.7 Å². The summed E-state index contributed by atoms with van der Waals surface area (Å²) in [6.45, 7) is 4.20. The zero-order valence-electron chi connectivity index (χ0n) is 7.90. The number of hydrogen-bond donors (Lipinski definition) is 0. The Balaban J connectivity index is 2.31. The number of hydrogen-bond acceptors (Lipinski definition) is 4. The molecule has 0 heterocycles. The molecule has 5 heteroatoms. The molecule has 74 valence electrons. The van der Waals surface area contributed by atoms with Crippen molar-refractivity contribution in [1.29, 1.82) is 0 Å². The first-order valence-corrected chi connectivity index (χ1v) is 4.44. The molecule has 0 saturated heterocycles. The van der Waals surface area contributed by atoms with E-state index in [1.807, 2.05) is 13.8 Å². The minimum absolute atomic E-state index is 0.0165. The van der Waals surface area contributed by atoms with Gasteiger partial charge in [-0.2, -0.15) is 5.01 Å². The second-order valence-corrected chi connectivity index (χ2v) is 3.63. The van der Waals surface area contributed by atoms with E-state index in [4.69, 9.17) is 4.74 Å². The number of carbonyl (C=O) groups excluding carboxylic acids is 1. The molecular formula is C8H14N2O3. The van der Waals surface area contributed by atoms with Crippen LogP contribution in [0.2, 0.25) is 0 Å². The van der Waals surface area contributed by atoms with Crippen LogP contribution in [0.3, 0.4) is 0 Å². The van der Waals surface area contributed by atoms with Crippen LogP contribution in [0.5, 0.6) is 0 Å². The summed E-state index contributed by atoms with van der Waals surface area (Å²) in [6, 6.07) is -0.0165. The van der Waals surface area contributed by atoms with Crippen molar-refractivity contribution in [1.82, 2.24) is 5.01 Å². The summed E-state index contributed by atoms with van der Waals surface area (Å²) in [5.74, 6) is 0.275. The summed E-state index contributed by atoms with van der Waals surface area (Å²) in [6.07, 6.45) is 1.08. The molecule has 0 atom stereocenters. The fourth-order valence-electron chi connectivity index (χ4n) is 0.872. The number of amides is 1. The summed E-state index contributed by atoms with van der Waals surface area (Å²) in [5.41, 5.74) is 0. The van der Waals surface area contributed by atoms with E-state index in [0.29, 0.717) is 6.61 Å². The number of carbonyl (C=O) groups is 1. The molecule has 1 amide bonds. The van der Waals surface area contributed by atoms with Gasteiger partial charge in [0.15, 0.2) is 0 Å². The summed E-state index contributed by atoms with van der Waals surface area (Å²) < 4.78 is 4.85. The summed E-state index contributed by atoms with van der Waals surface area (Å²) in [7, 11) is 0. The molecule has 13 heavy (non-hydrogen) atoms. The highest BCUT2D eigenvalue weighted by atomic mass is 16.6. The highest BCUT2D eigenvalue weighted by Gasteiger charge is 2.35. The molecule has 1 fully saturated rings. The van der Waals surface area contributed by atoms with Crippen molar-refractivity contribution >= 4 is 6.09 Å².